The second-order valence-corrected chi connectivity index (χ2v) is 5.66. The van der Waals surface area contributed by atoms with Crippen LogP contribution in [0.15, 0.2) is 10.5 Å². The van der Waals surface area contributed by atoms with E-state index < -0.39 is 0 Å². The SMILES string of the molecule is Cc1cc(C(=O)N(C)C2CCC(C)CC2)c(C)o1. The van der Waals surface area contributed by atoms with Crippen LogP contribution in [0, 0.1) is 19.8 Å². The van der Waals surface area contributed by atoms with Gasteiger partial charge < -0.3 is 9.32 Å². The Labute approximate surface area is 109 Å². The Morgan fingerprint density at radius 2 is 1.89 bits per heavy atom. The van der Waals surface area contributed by atoms with E-state index in [2.05, 4.69) is 6.92 Å². The van der Waals surface area contributed by atoms with Gasteiger partial charge in [-0.05, 0) is 51.5 Å². The fraction of sp³-hybridized carbons (Fsp3) is 0.667. The van der Waals surface area contributed by atoms with E-state index in [-0.39, 0.29) is 5.91 Å². The Kier molecular flexibility index (Phi) is 3.79. The molecule has 0 radical (unpaired) electrons. The molecule has 3 heteroatoms. The molecule has 1 aliphatic rings. The Bertz CT molecular complexity index is 428. The summed E-state index contributed by atoms with van der Waals surface area (Å²) in [7, 11) is 1.92. The number of aryl methyl sites for hydroxylation is 2. The molecule has 0 saturated heterocycles. The molecule has 1 aliphatic carbocycles. The van der Waals surface area contributed by atoms with Crippen LogP contribution in [0.4, 0.5) is 0 Å². The number of amides is 1. The zero-order chi connectivity index (χ0) is 13.3. The summed E-state index contributed by atoms with van der Waals surface area (Å²) in [6, 6.07) is 2.24. The van der Waals surface area contributed by atoms with Gasteiger partial charge in [0.05, 0.1) is 5.56 Å². The molecule has 0 spiro atoms. The normalized spacial score (nSPS) is 24.0. The van der Waals surface area contributed by atoms with Crippen LogP contribution < -0.4 is 0 Å². The van der Waals surface area contributed by atoms with Crippen molar-refractivity contribution in [2.75, 3.05) is 7.05 Å². The van der Waals surface area contributed by atoms with Crippen LogP contribution in [-0.4, -0.2) is 23.9 Å². The first-order valence-electron chi connectivity index (χ1n) is 6.83. The van der Waals surface area contributed by atoms with Crippen LogP contribution in [0.5, 0.6) is 0 Å². The Hall–Kier alpha value is -1.25. The molecule has 18 heavy (non-hydrogen) atoms. The number of carbonyl (C=O) groups excluding carboxylic acids is 1. The summed E-state index contributed by atoms with van der Waals surface area (Å²) >= 11 is 0. The number of nitrogens with zero attached hydrogens (tertiary/aromatic N) is 1. The van der Waals surface area contributed by atoms with E-state index in [4.69, 9.17) is 4.42 Å². The largest absolute Gasteiger partial charge is 0.466 e. The third-order valence-corrected chi connectivity index (χ3v) is 4.12. The fourth-order valence-electron chi connectivity index (χ4n) is 2.83. The standard InChI is InChI=1S/C15H23NO2/c1-10-5-7-13(8-6-10)16(4)15(17)14-9-11(2)18-12(14)3/h9-10,13H,5-8H2,1-4H3. The minimum Gasteiger partial charge on any atom is -0.466 e. The van der Waals surface area contributed by atoms with Gasteiger partial charge in [0.15, 0.2) is 0 Å². The summed E-state index contributed by atoms with van der Waals surface area (Å²) in [6.45, 7) is 6.03. The van der Waals surface area contributed by atoms with Crippen LogP contribution >= 0.6 is 0 Å². The molecular weight excluding hydrogens is 226 g/mol. The maximum Gasteiger partial charge on any atom is 0.257 e. The van der Waals surface area contributed by atoms with Crippen molar-refractivity contribution in [3.05, 3.63) is 23.2 Å². The van der Waals surface area contributed by atoms with Crippen molar-refractivity contribution < 1.29 is 9.21 Å². The number of rotatable bonds is 2. The zero-order valence-corrected chi connectivity index (χ0v) is 11.8. The van der Waals surface area contributed by atoms with Crippen LogP contribution in [0.25, 0.3) is 0 Å². The van der Waals surface area contributed by atoms with E-state index >= 15 is 0 Å². The minimum atomic E-state index is 0.101. The Morgan fingerprint density at radius 1 is 1.28 bits per heavy atom. The smallest absolute Gasteiger partial charge is 0.257 e. The number of hydrogen-bond acceptors (Lipinski definition) is 2. The predicted molar refractivity (Wildman–Crippen MR) is 71.7 cm³/mol. The van der Waals surface area contributed by atoms with Gasteiger partial charge in [-0.25, -0.2) is 0 Å². The van der Waals surface area contributed by atoms with Gasteiger partial charge in [0.2, 0.25) is 0 Å². The average Bonchev–Trinajstić information content (AvgIpc) is 2.67. The van der Waals surface area contributed by atoms with E-state index in [9.17, 15) is 4.79 Å². The van der Waals surface area contributed by atoms with E-state index in [0.717, 1.165) is 30.3 Å². The lowest BCUT2D eigenvalue weighted by Crippen LogP contribution is -2.39. The molecule has 0 atom stereocenters. The first-order valence-corrected chi connectivity index (χ1v) is 6.83. The summed E-state index contributed by atoms with van der Waals surface area (Å²) in [5, 5.41) is 0. The highest BCUT2D eigenvalue weighted by Crippen LogP contribution is 2.27. The van der Waals surface area contributed by atoms with E-state index in [1.807, 2.05) is 31.9 Å². The minimum absolute atomic E-state index is 0.101. The van der Waals surface area contributed by atoms with Crippen LogP contribution in [0.2, 0.25) is 0 Å². The van der Waals surface area contributed by atoms with Crippen molar-refractivity contribution >= 4 is 5.91 Å². The quantitative estimate of drug-likeness (QED) is 0.803. The predicted octanol–water partition coefficient (Wildman–Crippen LogP) is 3.55. The van der Waals surface area contributed by atoms with Crippen molar-refractivity contribution in [1.29, 1.82) is 0 Å². The van der Waals surface area contributed by atoms with Crippen LogP contribution in [0.3, 0.4) is 0 Å². The average molecular weight is 249 g/mol. The van der Waals surface area contributed by atoms with Crippen molar-refractivity contribution in [1.82, 2.24) is 4.90 Å². The molecule has 0 aliphatic heterocycles. The van der Waals surface area contributed by atoms with Gasteiger partial charge in [0.1, 0.15) is 11.5 Å². The van der Waals surface area contributed by atoms with Crippen LogP contribution in [-0.2, 0) is 0 Å². The molecule has 0 bridgehead atoms. The summed E-state index contributed by atoms with van der Waals surface area (Å²) in [4.78, 5) is 14.3. The lowest BCUT2D eigenvalue weighted by Gasteiger charge is -2.33. The lowest BCUT2D eigenvalue weighted by molar-refractivity contribution is 0.0678. The summed E-state index contributed by atoms with van der Waals surface area (Å²) < 4.78 is 5.44. The van der Waals surface area contributed by atoms with Gasteiger partial charge in [-0.3, -0.25) is 4.79 Å². The summed E-state index contributed by atoms with van der Waals surface area (Å²) in [6.07, 6.45) is 4.70. The van der Waals surface area contributed by atoms with Gasteiger partial charge in [-0.1, -0.05) is 6.92 Å². The first-order chi connectivity index (χ1) is 8.49. The van der Waals surface area contributed by atoms with Crippen molar-refractivity contribution in [3.8, 4) is 0 Å². The molecule has 1 aromatic rings. The molecule has 1 saturated carbocycles. The molecule has 100 valence electrons. The van der Waals surface area contributed by atoms with Crippen LogP contribution in [0.1, 0.15) is 54.5 Å². The highest BCUT2D eigenvalue weighted by atomic mass is 16.3. The van der Waals surface area contributed by atoms with Crippen molar-refractivity contribution in [2.24, 2.45) is 5.92 Å². The van der Waals surface area contributed by atoms with Gasteiger partial charge in [0.25, 0.3) is 5.91 Å². The van der Waals surface area contributed by atoms with Gasteiger partial charge in [-0.2, -0.15) is 0 Å². The zero-order valence-electron chi connectivity index (χ0n) is 11.8. The Morgan fingerprint density at radius 3 is 2.39 bits per heavy atom. The molecule has 1 aromatic heterocycles. The monoisotopic (exact) mass is 249 g/mol. The van der Waals surface area contributed by atoms with E-state index in [1.165, 1.54) is 12.8 Å². The van der Waals surface area contributed by atoms with Gasteiger partial charge >= 0.3 is 0 Å². The van der Waals surface area contributed by atoms with Gasteiger partial charge in [-0.15, -0.1) is 0 Å². The molecule has 0 unspecified atom stereocenters. The third kappa shape index (κ3) is 2.60. The highest BCUT2D eigenvalue weighted by Gasteiger charge is 2.27. The molecule has 0 N–H and O–H groups in total. The molecular formula is C15H23NO2. The topological polar surface area (TPSA) is 33.5 Å². The molecule has 3 nitrogen and oxygen atoms in total. The van der Waals surface area contributed by atoms with E-state index in [1.54, 1.807) is 0 Å². The fourth-order valence-corrected chi connectivity index (χ4v) is 2.83. The summed E-state index contributed by atoms with van der Waals surface area (Å²) in [5.74, 6) is 2.45. The number of furan rings is 1. The summed E-state index contributed by atoms with van der Waals surface area (Å²) in [5.41, 5.74) is 0.716. The second kappa shape index (κ2) is 5.17. The maximum atomic E-state index is 12.4. The Balaban J connectivity index is 2.07. The molecule has 1 heterocycles. The third-order valence-electron chi connectivity index (χ3n) is 4.12. The number of hydrogen-bond donors (Lipinski definition) is 0. The highest BCUT2D eigenvalue weighted by molar-refractivity contribution is 5.95. The number of carbonyl (C=O) groups is 1. The van der Waals surface area contributed by atoms with Crippen molar-refractivity contribution in [3.63, 3.8) is 0 Å². The molecule has 0 aromatic carbocycles. The molecule has 1 amide bonds. The molecule has 1 fully saturated rings. The van der Waals surface area contributed by atoms with Crippen molar-refractivity contribution in [2.45, 2.75) is 52.5 Å². The molecule has 2 rings (SSSR count). The van der Waals surface area contributed by atoms with Gasteiger partial charge in [0, 0.05) is 13.1 Å². The first kappa shape index (κ1) is 13.2. The lowest BCUT2D eigenvalue weighted by atomic mass is 9.86. The second-order valence-electron chi connectivity index (χ2n) is 5.66. The maximum absolute atomic E-state index is 12.4. The van der Waals surface area contributed by atoms with E-state index in [0.29, 0.717) is 11.6 Å².